The van der Waals surface area contributed by atoms with Gasteiger partial charge < -0.3 is 20.7 Å². The second-order valence-corrected chi connectivity index (χ2v) is 6.64. The van der Waals surface area contributed by atoms with Crippen molar-refractivity contribution in [2.75, 3.05) is 10.8 Å². The topological polar surface area (TPSA) is 91.2 Å². The van der Waals surface area contributed by atoms with Gasteiger partial charge in [0.1, 0.15) is 17.3 Å². The van der Waals surface area contributed by atoms with E-state index in [-0.39, 0.29) is 21.7 Å². The maximum atomic E-state index is 12.8. The molecule has 29 heavy (non-hydrogen) atoms. The number of halogens is 4. The lowest BCUT2D eigenvalue weighted by atomic mass is 10.2. The lowest BCUT2D eigenvalue weighted by Crippen LogP contribution is -2.13. The van der Waals surface area contributed by atoms with Gasteiger partial charge in [-0.2, -0.15) is 18.3 Å². The summed E-state index contributed by atoms with van der Waals surface area (Å²) in [5.74, 6) is -0.133. The van der Waals surface area contributed by atoms with Crippen LogP contribution >= 0.6 is 15.9 Å². The SMILES string of the molecule is Cn1nc(C(=O)Nc2ccc(Oc3cccc(C(F)(F)F)c3)cc2)c(Br)c1N[O-]. The molecule has 7 nitrogen and oxygen atoms in total. The molecule has 1 amide bonds. The molecule has 0 aliphatic rings. The van der Waals surface area contributed by atoms with Crippen molar-refractivity contribution in [1.29, 1.82) is 0 Å². The van der Waals surface area contributed by atoms with Crippen LogP contribution in [0.15, 0.2) is 53.0 Å². The number of amides is 1. The zero-order valence-corrected chi connectivity index (χ0v) is 16.3. The van der Waals surface area contributed by atoms with E-state index in [9.17, 15) is 23.2 Å². The number of nitrogens with zero attached hydrogens (tertiary/aromatic N) is 2. The monoisotopic (exact) mass is 469 g/mol. The average Bonchev–Trinajstić information content (AvgIpc) is 2.96. The molecule has 3 rings (SSSR count). The molecule has 0 fully saturated rings. The summed E-state index contributed by atoms with van der Waals surface area (Å²) in [7, 11) is 1.50. The molecule has 0 aliphatic heterocycles. The van der Waals surface area contributed by atoms with Crippen LogP contribution in [0, 0.1) is 5.21 Å². The van der Waals surface area contributed by atoms with E-state index in [1.807, 2.05) is 0 Å². The standard InChI is InChI=1S/C18H13BrF3N4O3/c1-26-16(25-28)14(19)15(24-26)17(27)23-11-5-7-12(8-6-11)29-13-4-2-3-10(9-13)18(20,21)22/h2-9,25H,1H3,(H,23,27)/q-1. The van der Waals surface area contributed by atoms with Gasteiger partial charge in [0, 0.05) is 12.7 Å². The Morgan fingerprint density at radius 3 is 2.45 bits per heavy atom. The van der Waals surface area contributed by atoms with E-state index in [4.69, 9.17) is 4.74 Å². The van der Waals surface area contributed by atoms with Crippen LogP contribution in [0.5, 0.6) is 11.5 Å². The second-order valence-electron chi connectivity index (χ2n) is 5.84. The minimum Gasteiger partial charge on any atom is -0.760 e. The summed E-state index contributed by atoms with van der Waals surface area (Å²) < 4.78 is 45.2. The molecule has 11 heteroatoms. The molecule has 3 aromatic rings. The van der Waals surface area contributed by atoms with Gasteiger partial charge in [-0.05, 0) is 58.4 Å². The van der Waals surface area contributed by atoms with E-state index in [0.29, 0.717) is 11.4 Å². The summed E-state index contributed by atoms with van der Waals surface area (Å²) in [6, 6.07) is 10.5. The molecule has 152 valence electrons. The normalized spacial score (nSPS) is 11.2. The molecule has 0 saturated carbocycles. The number of rotatable bonds is 5. The summed E-state index contributed by atoms with van der Waals surface area (Å²) in [6.07, 6.45) is -4.46. The van der Waals surface area contributed by atoms with E-state index in [1.54, 1.807) is 5.48 Å². The van der Waals surface area contributed by atoms with Crippen molar-refractivity contribution in [3.63, 3.8) is 0 Å². The molecule has 0 bridgehead atoms. The number of anilines is 2. The third-order valence-electron chi connectivity index (χ3n) is 3.81. The summed E-state index contributed by atoms with van der Waals surface area (Å²) in [4.78, 5) is 12.3. The lowest BCUT2D eigenvalue weighted by Gasteiger charge is -2.10. The summed E-state index contributed by atoms with van der Waals surface area (Å²) in [5.41, 5.74) is 1.28. The van der Waals surface area contributed by atoms with E-state index in [1.165, 1.54) is 48.1 Å². The Balaban J connectivity index is 1.70. The maximum absolute atomic E-state index is 12.8. The molecule has 0 saturated heterocycles. The molecule has 2 aromatic carbocycles. The number of hydrogen-bond acceptors (Lipinski definition) is 5. The van der Waals surface area contributed by atoms with Gasteiger partial charge >= 0.3 is 6.18 Å². The van der Waals surface area contributed by atoms with Crippen LogP contribution in [0.2, 0.25) is 0 Å². The maximum Gasteiger partial charge on any atom is 0.416 e. The smallest absolute Gasteiger partial charge is 0.416 e. The Morgan fingerprint density at radius 1 is 1.17 bits per heavy atom. The average molecular weight is 470 g/mol. The number of nitrogens with one attached hydrogen (secondary N) is 2. The number of alkyl halides is 3. The quantitative estimate of drug-likeness (QED) is 0.503. The molecule has 0 spiro atoms. The predicted octanol–water partition coefficient (Wildman–Crippen LogP) is 5.16. The number of aromatic nitrogens is 2. The van der Waals surface area contributed by atoms with Crippen LogP contribution in [0.25, 0.3) is 0 Å². The van der Waals surface area contributed by atoms with E-state index in [0.717, 1.165) is 12.1 Å². The first-order valence-corrected chi connectivity index (χ1v) is 8.85. The fourth-order valence-electron chi connectivity index (χ4n) is 2.42. The van der Waals surface area contributed by atoms with Crippen LogP contribution in [-0.4, -0.2) is 15.7 Å². The van der Waals surface area contributed by atoms with Gasteiger partial charge in [0.2, 0.25) is 0 Å². The van der Waals surface area contributed by atoms with Crippen molar-refractivity contribution < 1.29 is 22.7 Å². The predicted molar refractivity (Wildman–Crippen MR) is 104 cm³/mol. The molecule has 1 heterocycles. The van der Waals surface area contributed by atoms with Crippen molar-refractivity contribution in [2.24, 2.45) is 7.05 Å². The van der Waals surface area contributed by atoms with Crippen molar-refractivity contribution in [2.45, 2.75) is 6.18 Å². The number of benzene rings is 2. The zero-order valence-electron chi connectivity index (χ0n) is 14.7. The number of hydrogen-bond donors (Lipinski definition) is 2. The highest BCUT2D eigenvalue weighted by Crippen LogP contribution is 2.33. The molecule has 1 aromatic heterocycles. The Labute approximate surface area is 171 Å². The second kappa shape index (κ2) is 8.13. The van der Waals surface area contributed by atoms with E-state index < -0.39 is 17.6 Å². The molecular weight excluding hydrogens is 457 g/mol. The van der Waals surface area contributed by atoms with Crippen molar-refractivity contribution in [3.8, 4) is 11.5 Å². The van der Waals surface area contributed by atoms with E-state index in [2.05, 4.69) is 26.3 Å². The van der Waals surface area contributed by atoms with Gasteiger partial charge in [-0.15, -0.1) is 0 Å². The Morgan fingerprint density at radius 2 is 1.86 bits per heavy atom. The van der Waals surface area contributed by atoms with E-state index >= 15 is 0 Å². The van der Waals surface area contributed by atoms with Crippen LogP contribution in [0.1, 0.15) is 16.1 Å². The Bertz CT molecular complexity index is 1040. The van der Waals surface area contributed by atoms with Crippen LogP contribution < -0.4 is 15.5 Å². The zero-order chi connectivity index (χ0) is 21.2. The highest BCUT2D eigenvalue weighted by Gasteiger charge is 2.30. The largest absolute Gasteiger partial charge is 0.760 e. The fraction of sp³-hybridized carbons (Fsp3) is 0.111. The lowest BCUT2D eigenvalue weighted by molar-refractivity contribution is -0.137. The number of carbonyl (C=O) groups is 1. The summed E-state index contributed by atoms with van der Waals surface area (Å²) in [6.45, 7) is 0. The minimum atomic E-state index is -4.46. The van der Waals surface area contributed by atoms with Gasteiger partial charge in [0.25, 0.3) is 5.91 Å². The van der Waals surface area contributed by atoms with Crippen LogP contribution in [0.4, 0.5) is 24.7 Å². The first kappa shape index (κ1) is 20.7. The van der Waals surface area contributed by atoms with Crippen molar-refractivity contribution >= 4 is 33.3 Å². The molecule has 0 aliphatic carbocycles. The van der Waals surface area contributed by atoms with Gasteiger partial charge in [0.05, 0.1) is 10.0 Å². The van der Waals surface area contributed by atoms with Crippen molar-refractivity contribution in [3.05, 3.63) is 69.5 Å². The molecule has 0 atom stereocenters. The highest BCUT2D eigenvalue weighted by atomic mass is 79.9. The number of aryl methyl sites for hydroxylation is 1. The fourth-order valence-corrected chi connectivity index (χ4v) is 3.02. The summed E-state index contributed by atoms with van der Waals surface area (Å²) in [5, 5.41) is 17.4. The van der Waals surface area contributed by atoms with Crippen molar-refractivity contribution in [1.82, 2.24) is 9.78 Å². The third kappa shape index (κ3) is 4.69. The third-order valence-corrected chi connectivity index (χ3v) is 4.56. The minimum absolute atomic E-state index is 0.00939. The molecular formula is C18H13BrF3N4O3-. The highest BCUT2D eigenvalue weighted by molar-refractivity contribution is 9.10. The molecule has 0 radical (unpaired) electrons. The number of ether oxygens (including phenoxy) is 1. The van der Waals surface area contributed by atoms with Gasteiger partial charge in [0.15, 0.2) is 5.69 Å². The van der Waals surface area contributed by atoms with Crippen LogP contribution in [-0.2, 0) is 13.2 Å². The number of carbonyl (C=O) groups excluding carboxylic acids is 1. The first-order chi connectivity index (χ1) is 13.7. The molecule has 0 unspecified atom stereocenters. The first-order valence-electron chi connectivity index (χ1n) is 8.06. The summed E-state index contributed by atoms with van der Waals surface area (Å²) >= 11 is 3.14. The Hall–Kier alpha value is -3.05. The van der Waals surface area contributed by atoms with Gasteiger partial charge in [-0.1, -0.05) is 6.07 Å². The Kier molecular flexibility index (Phi) is 5.80. The van der Waals surface area contributed by atoms with Gasteiger partial charge in [-0.3, -0.25) is 9.48 Å². The molecule has 2 N–H and O–H groups in total. The van der Waals surface area contributed by atoms with Gasteiger partial charge in [-0.25, -0.2) is 0 Å². The van der Waals surface area contributed by atoms with Crippen LogP contribution in [0.3, 0.4) is 0 Å².